The van der Waals surface area contributed by atoms with Crippen LogP contribution in [-0.2, 0) is 4.79 Å². The van der Waals surface area contributed by atoms with E-state index in [1.54, 1.807) is 10.3 Å². The van der Waals surface area contributed by atoms with Crippen LogP contribution >= 0.6 is 11.3 Å². The number of thiazole rings is 1. The van der Waals surface area contributed by atoms with Crippen LogP contribution in [0.2, 0.25) is 0 Å². The molecule has 86 valence electrons. The summed E-state index contributed by atoms with van der Waals surface area (Å²) in [5, 5.41) is 5.38. The number of rotatable bonds is 1. The third-order valence-electron chi connectivity index (χ3n) is 2.44. The second kappa shape index (κ2) is 4.61. The van der Waals surface area contributed by atoms with Gasteiger partial charge in [0, 0.05) is 31.4 Å². The molecule has 1 N–H and O–H groups in total. The molecule has 0 saturated carbocycles. The van der Waals surface area contributed by atoms with Crippen LogP contribution in [0.1, 0.15) is 21.9 Å². The van der Waals surface area contributed by atoms with Gasteiger partial charge in [-0.25, -0.2) is 4.98 Å². The van der Waals surface area contributed by atoms with Crippen molar-refractivity contribution in [3.8, 4) is 0 Å². The molecule has 1 aliphatic rings. The fourth-order valence-corrected chi connectivity index (χ4v) is 2.18. The highest BCUT2D eigenvalue weighted by Crippen LogP contribution is 2.11. The first-order valence-electron chi connectivity index (χ1n) is 5.15. The molecule has 6 heteroatoms. The monoisotopic (exact) mass is 239 g/mol. The van der Waals surface area contributed by atoms with E-state index in [4.69, 9.17) is 0 Å². The molecule has 5 nitrogen and oxygen atoms in total. The fraction of sp³-hybridized carbons (Fsp3) is 0.500. The first-order chi connectivity index (χ1) is 7.66. The van der Waals surface area contributed by atoms with E-state index in [2.05, 4.69) is 10.3 Å². The van der Waals surface area contributed by atoms with Crippen molar-refractivity contribution < 1.29 is 9.59 Å². The molecule has 2 heterocycles. The highest BCUT2D eigenvalue weighted by atomic mass is 32.1. The van der Waals surface area contributed by atoms with Crippen LogP contribution in [0.15, 0.2) is 5.38 Å². The summed E-state index contributed by atoms with van der Waals surface area (Å²) in [4.78, 5) is 29.0. The van der Waals surface area contributed by atoms with Crippen molar-refractivity contribution in [3.05, 3.63) is 16.1 Å². The third kappa shape index (κ3) is 2.38. The number of aromatic nitrogens is 1. The maximum Gasteiger partial charge on any atom is 0.273 e. The maximum atomic E-state index is 12.0. The molecule has 0 radical (unpaired) electrons. The molecule has 0 atom stereocenters. The summed E-state index contributed by atoms with van der Waals surface area (Å²) in [6, 6.07) is 0. The minimum absolute atomic E-state index is 0.00441. The van der Waals surface area contributed by atoms with Crippen molar-refractivity contribution in [2.45, 2.75) is 13.3 Å². The number of nitrogens with zero attached hydrogens (tertiary/aromatic N) is 2. The van der Waals surface area contributed by atoms with Gasteiger partial charge in [-0.15, -0.1) is 11.3 Å². The molecule has 0 aliphatic carbocycles. The van der Waals surface area contributed by atoms with Crippen LogP contribution in [0.4, 0.5) is 0 Å². The lowest BCUT2D eigenvalue weighted by Gasteiger charge is -2.17. The van der Waals surface area contributed by atoms with E-state index in [1.807, 2.05) is 6.92 Å². The Morgan fingerprint density at radius 1 is 1.56 bits per heavy atom. The van der Waals surface area contributed by atoms with Crippen LogP contribution in [0, 0.1) is 6.92 Å². The van der Waals surface area contributed by atoms with E-state index < -0.39 is 0 Å². The Balaban J connectivity index is 2.06. The van der Waals surface area contributed by atoms with Gasteiger partial charge in [0.15, 0.2) is 0 Å². The Kier molecular flexibility index (Phi) is 3.19. The van der Waals surface area contributed by atoms with Crippen LogP contribution in [0.3, 0.4) is 0 Å². The van der Waals surface area contributed by atoms with Gasteiger partial charge in [0.2, 0.25) is 5.91 Å². The molecule has 0 bridgehead atoms. The van der Waals surface area contributed by atoms with Gasteiger partial charge in [-0.3, -0.25) is 9.59 Å². The van der Waals surface area contributed by atoms with E-state index >= 15 is 0 Å². The van der Waals surface area contributed by atoms with Gasteiger partial charge in [0.1, 0.15) is 5.69 Å². The van der Waals surface area contributed by atoms with Gasteiger partial charge < -0.3 is 10.2 Å². The molecular weight excluding hydrogens is 226 g/mol. The molecule has 2 amide bonds. The van der Waals surface area contributed by atoms with Crippen molar-refractivity contribution in [1.29, 1.82) is 0 Å². The Bertz CT molecular complexity index is 416. The van der Waals surface area contributed by atoms with Gasteiger partial charge in [-0.1, -0.05) is 0 Å². The molecule has 0 unspecified atom stereocenters. The number of hydrogen-bond acceptors (Lipinski definition) is 4. The largest absolute Gasteiger partial charge is 0.354 e. The van der Waals surface area contributed by atoms with Gasteiger partial charge in [0.05, 0.1) is 5.01 Å². The molecule has 16 heavy (non-hydrogen) atoms. The average molecular weight is 239 g/mol. The van der Waals surface area contributed by atoms with Crippen LogP contribution in [0.25, 0.3) is 0 Å². The summed E-state index contributed by atoms with van der Waals surface area (Å²) in [5.41, 5.74) is 0.483. The van der Waals surface area contributed by atoms with E-state index in [9.17, 15) is 9.59 Å². The summed E-state index contributed by atoms with van der Waals surface area (Å²) in [7, 11) is 0. The normalized spacial score (nSPS) is 16.8. The first kappa shape index (κ1) is 11.1. The quantitative estimate of drug-likeness (QED) is 0.772. The fourth-order valence-electron chi connectivity index (χ4n) is 1.59. The molecule has 1 aliphatic heterocycles. The van der Waals surface area contributed by atoms with Crippen molar-refractivity contribution in [2.24, 2.45) is 0 Å². The van der Waals surface area contributed by atoms with Gasteiger partial charge in [-0.2, -0.15) is 0 Å². The zero-order chi connectivity index (χ0) is 11.5. The summed E-state index contributed by atoms with van der Waals surface area (Å²) in [6.45, 7) is 3.42. The standard InChI is InChI=1S/C10H13N3O2S/c1-7-12-8(6-16-7)10(15)13-4-2-9(14)11-3-5-13/h6H,2-5H2,1H3,(H,11,14). The number of carbonyl (C=O) groups excluding carboxylic acids is 2. The van der Waals surface area contributed by atoms with E-state index in [-0.39, 0.29) is 11.8 Å². The predicted molar refractivity (Wildman–Crippen MR) is 60.4 cm³/mol. The molecule has 2 rings (SSSR count). The third-order valence-corrected chi connectivity index (χ3v) is 3.21. The Morgan fingerprint density at radius 2 is 2.38 bits per heavy atom. The second-order valence-corrected chi connectivity index (χ2v) is 4.71. The number of amides is 2. The van der Waals surface area contributed by atoms with Crippen molar-refractivity contribution in [2.75, 3.05) is 19.6 Å². The molecule has 1 saturated heterocycles. The van der Waals surface area contributed by atoms with Crippen LogP contribution in [0.5, 0.6) is 0 Å². The van der Waals surface area contributed by atoms with Gasteiger partial charge >= 0.3 is 0 Å². The number of aryl methyl sites for hydroxylation is 1. The zero-order valence-corrected chi connectivity index (χ0v) is 9.84. The summed E-state index contributed by atoms with van der Waals surface area (Å²) < 4.78 is 0. The smallest absolute Gasteiger partial charge is 0.273 e. The lowest BCUT2D eigenvalue weighted by Crippen LogP contribution is -2.34. The minimum Gasteiger partial charge on any atom is -0.354 e. The van der Waals surface area contributed by atoms with E-state index in [0.717, 1.165) is 5.01 Å². The van der Waals surface area contributed by atoms with Gasteiger partial charge in [0.25, 0.3) is 5.91 Å². The number of nitrogens with one attached hydrogen (secondary N) is 1. The lowest BCUT2D eigenvalue weighted by atomic mass is 10.3. The Morgan fingerprint density at radius 3 is 3.06 bits per heavy atom. The summed E-state index contributed by atoms with van der Waals surface area (Å²) in [5.74, 6) is -0.0781. The predicted octanol–water partition coefficient (Wildman–Crippen LogP) is 0.414. The molecule has 0 aromatic carbocycles. The van der Waals surface area contributed by atoms with Crippen molar-refractivity contribution >= 4 is 23.2 Å². The Hall–Kier alpha value is -1.43. The van der Waals surface area contributed by atoms with E-state index in [0.29, 0.717) is 31.7 Å². The van der Waals surface area contributed by atoms with Crippen LogP contribution < -0.4 is 5.32 Å². The summed E-state index contributed by atoms with van der Waals surface area (Å²) >= 11 is 1.46. The first-order valence-corrected chi connectivity index (χ1v) is 6.03. The topological polar surface area (TPSA) is 62.3 Å². The SMILES string of the molecule is Cc1nc(C(=O)N2CCNC(=O)CC2)cs1. The Labute approximate surface area is 97.5 Å². The number of carbonyl (C=O) groups is 2. The molecule has 1 aromatic heterocycles. The molecule has 1 aromatic rings. The van der Waals surface area contributed by atoms with E-state index in [1.165, 1.54) is 11.3 Å². The second-order valence-electron chi connectivity index (χ2n) is 3.64. The molecule has 0 spiro atoms. The lowest BCUT2D eigenvalue weighted by molar-refractivity contribution is -0.120. The van der Waals surface area contributed by atoms with Crippen LogP contribution in [-0.4, -0.2) is 41.3 Å². The average Bonchev–Trinajstić information content (AvgIpc) is 2.57. The maximum absolute atomic E-state index is 12.0. The highest BCUT2D eigenvalue weighted by Gasteiger charge is 2.21. The van der Waals surface area contributed by atoms with Gasteiger partial charge in [-0.05, 0) is 6.92 Å². The highest BCUT2D eigenvalue weighted by molar-refractivity contribution is 7.09. The zero-order valence-electron chi connectivity index (χ0n) is 9.02. The minimum atomic E-state index is -0.0825. The molecular formula is C10H13N3O2S. The molecule has 1 fully saturated rings. The van der Waals surface area contributed by atoms with Crippen molar-refractivity contribution in [1.82, 2.24) is 15.2 Å². The number of hydrogen-bond donors (Lipinski definition) is 1. The van der Waals surface area contributed by atoms with Crippen molar-refractivity contribution in [3.63, 3.8) is 0 Å². The summed E-state index contributed by atoms with van der Waals surface area (Å²) in [6.07, 6.45) is 0.370.